The summed E-state index contributed by atoms with van der Waals surface area (Å²) in [4.78, 5) is 4.45. The van der Waals surface area contributed by atoms with Crippen LogP contribution in [0.25, 0.3) is 0 Å². The van der Waals surface area contributed by atoms with E-state index in [0.29, 0.717) is 5.92 Å². The van der Waals surface area contributed by atoms with Crippen LogP contribution < -0.4 is 5.32 Å². The van der Waals surface area contributed by atoms with E-state index in [1.807, 2.05) is 4.68 Å². The molecule has 5 nitrogen and oxygen atoms in total. The van der Waals surface area contributed by atoms with E-state index in [1.54, 1.807) is 13.4 Å². The van der Waals surface area contributed by atoms with Gasteiger partial charge in [-0.2, -0.15) is 5.10 Å². The maximum atomic E-state index is 5.78. The molecule has 122 valence electrons. The Morgan fingerprint density at radius 2 is 2.00 bits per heavy atom. The first-order chi connectivity index (χ1) is 9.79. The van der Waals surface area contributed by atoms with Crippen LogP contribution in [0.5, 0.6) is 0 Å². The zero-order valence-corrected chi connectivity index (χ0v) is 14.7. The van der Waals surface area contributed by atoms with Crippen LogP contribution in [0.3, 0.4) is 0 Å². The minimum Gasteiger partial charge on any atom is -0.379 e. The van der Waals surface area contributed by atoms with Crippen LogP contribution in [0.15, 0.2) is 6.33 Å². The van der Waals surface area contributed by atoms with Crippen LogP contribution in [0.2, 0.25) is 0 Å². The molecule has 5 heteroatoms. The smallest absolute Gasteiger partial charge is 0.138 e. The average Bonchev–Trinajstić information content (AvgIpc) is 2.75. The van der Waals surface area contributed by atoms with E-state index >= 15 is 0 Å². The molecule has 0 saturated carbocycles. The lowest BCUT2D eigenvalue weighted by Gasteiger charge is -2.36. The van der Waals surface area contributed by atoms with Gasteiger partial charge < -0.3 is 10.1 Å². The van der Waals surface area contributed by atoms with E-state index in [2.05, 4.69) is 56.9 Å². The number of hydrogen-bond acceptors (Lipinski definition) is 4. The summed E-state index contributed by atoms with van der Waals surface area (Å²) in [6, 6.07) is 0.232. The van der Waals surface area contributed by atoms with Crippen molar-refractivity contribution in [3.8, 4) is 0 Å². The summed E-state index contributed by atoms with van der Waals surface area (Å²) in [5, 5.41) is 7.91. The molecule has 0 aliphatic carbocycles. The maximum absolute atomic E-state index is 5.78. The van der Waals surface area contributed by atoms with E-state index in [-0.39, 0.29) is 17.6 Å². The van der Waals surface area contributed by atoms with Gasteiger partial charge in [0.1, 0.15) is 12.2 Å². The van der Waals surface area contributed by atoms with Gasteiger partial charge >= 0.3 is 0 Å². The largest absolute Gasteiger partial charge is 0.379 e. The highest BCUT2D eigenvalue weighted by molar-refractivity contribution is 4.96. The lowest BCUT2D eigenvalue weighted by Crippen LogP contribution is -2.49. The molecule has 0 aliphatic heterocycles. The van der Waals surface area contributed by atoms with Crippen molar-refractivity contribution in [2.45, 2.75) is 66.7 Å². The van der Waals surface area contributed by atoms with Gasteiger partial charge in [0.15, 0.2) is 0 Å². The molecule has 0 spiro atoms. The fourth-order valence-corrected chi connectivity index (χ4v) is 2.81. The van der Waals surface area contributed by atoms with Gasteiger partial charge in [-0.25, -0.2) is 9.67 Å². The standard InChI is InChI=1S/C16H32N4O/c1-8-17-13(15(21-7)16(4,5)6)9-14-18-11-19-20(14)10-12(2)3/h11-13,15,17H,8-10H2,1-7H3. The molecule has 1 aromatic heterocycles. The predicted octanol–water partition coefficient (Wildman–Crippen LogP) is 2.52. The first kappa shape index (κ1) is 18.1. The van der Waals surface area contributed by atoms with Gasteiger partial charge in [0.05, 0.1) is 6.10 Å². The second-order valence-corrected chi connectivity index (χ2v) is 7.14. The van der Waals surface area contributed by atoms with Crippen LogP contribution in [0.1, 0.15) is 47.4 Å². The fraction of sp³-hybridized carbons (Fsp3) is 0.875. The lowest BCUT2D eigenvalue weighted by molar-refractivity contribution is -0.0113. The van der Waals surface area contributed by atoms with Crippen molar-refractivity contribution in [1.29, 1.82) is 0 Å². The minimum atomic E-state index is 0.0739. The zero-order chi connectivity index (χ0) is 16.0. The summed E-state index contributed by atoms with van der Waals surface area (Å²) >= 11 is 0. The lowest BCUT2D eigenvalue weighted by atomic mass is 9.83. The van der Waals surface area contributed by atoms with Gasteiger partial charge in [0.25, 0.3) is 0 Å². The van der Waals surface area contributed by atoms with Gasteiger partial charge in [0.2, 0.25) is 0 Å². The third-order valence-corrected chi connectivity index (χ3v) is 3.58. The third kappa shape index (κ3) is 5.40. The summed E-state index contributed by atoms with van der Waals surface area (Å²) in [6.07, 6.45) is 2.61. The molecule has 0 radical (unpaired) electrons. The van der Waals surface area contributed by atoms with Crippen molar-refractivity contribution in [3.05, 3.63) is 12.2 Å². The monoisotopic (exact) mass is 296 g/mol. The Kier molecular flexibility index (Phi) is 6.81. The van der Waals surface area contributed by atoms with E-state index in [9.17, 15) is 0 Å². The van der Waals surface area contributed by atoms with Crippen LogP contribution in [-0.4, -0.2) is 40.6 Å². The van der Waals surface area contributed by atoms with E-state index in [0.717, 1.165) is 25.3 Å². The second-order valence-electron chi connectivity index (χ2n) is 7.14. The SMILES string of the molecule is CCNC(Cc1ncnn1CC(C)C)C(OC)C(C)(C)C. The number of likely N-dealkylation sites (N-methyl/N-ethyl adjacent to an activating group) is 1. The number of methoxy groups -OCH3 is 1. The summed E-state index contributed by atoms with van der Waals surface area (Å²) in [5.41, 5.74) is 0.0739. The first-order valence-electron chi connectivity index (χ1n) is 7.92. The molecule has 2 atom stereocenters. The molecule has 1 heterocycles. The highest BCUT2D eigenvalue weighted by Crippen LogP contribution is 2.26. The Morgan fingerprint density at radius 1 is 1.33 bits per heavy atom. The molecule has 21 heavy (non-hydrogen) atoms. The number of aromatic nitrogens is 3. The maximum Gasteiger partial charge on any atom is 0.138 e. The topological polar surface area (TPSA) is 52.0 Å². The summed E-state index contributed by atoms with van der Waals surface area (Å²) in [5.74, 6) is 1.59. The van der Waals surface area contributed by atoms with Gasteiger partial charge in [-0.15, -0.1) is 0 Å². The van der Waals surface area contributed by atoms with E-state index < -0.39 is 0 Å². The van der Waals surface area contributed by atoms with Gasteiger partial charge in [-0.05, 0) is 17.9 Å². The second kappa shape index (κ2) is 7.90. The Labute approximate surface area is 129 Å². The molecule has 1 rings (SSSR count). The molecule has 2 unspecified atom stereocenters. The molecule has 0 fully saturated rings. The van der Waals surface area contributed by atoms with Crippen molar-refractivity contribution in [2.24, 2.45) is 11.3 Å². The van der Waals surface area contributed by atoms with Crippen LogP contribution in [0, 0.1) is 11.3 Å². The minimum absolute atomic E-state index is 0.0739. The van der Waals surface area contributed by atoms with Gasteiger partial charge in [-0.3, -0.25) is 0 Å². The van der Waals surface area contributed by atoms with E-state index in [1.165, 1.54) is 0 Å². The molecule has 1 N–H and O–H groups in total. The Morgan fingerprint density at radius 3 is 2.48 bits per heavy atom. The highest BCUT2D eigenvalue weighted by atomic mass is 16.5. The summed E-state index contributed by atoms with van der Waals surface area (Å²) in [7, 11) is 1.79. The molecule has 0 saturated heterocycles. The van der Waals surface area contributed by atoms with Crippen LogP contribution >= 0.6 is 0 Å². The molecular weight excluding hydrogens is 264 g/mol. The highest BCUT2D eigenvalue weighted by Gasteiger charge is 2.33. The molecule has 1 aromatic rings. The molecule has 0 aliphatic rings. The van der Waals surface area contributed by atoms with Crippen molar-refractivity contribution in [3.63, 3.8) is 0 Å². The Balaban J connectivity index is 2.90. The van der Waals surface area contributed by atoms with E-state index in [4.69, 9.17) is 4.74 Å². The predicted molar refractivity (Wildman–Crippen MR) is 86.3 cm³/mol. The Bertz CT molecular complexity index is 409. The van der Waals surface area contributed by atoms with Gasteiger partial charge in [-0.1, -0.05) is 41.5 Å². The molecule has 0 aromatic carbocycles. The van der Waals surface area contributed by atoms with Gasteiger partial charge in [0, 0.05) is 26.1 Å². The number of ether oxygens (including phenoxy) is 1. The molecule has 0 bridgehead atoms. The first-order valence-corrected chi connectivity index (χ1v) is 7.92. The quantitative estimate of drug-likeness (QED) is 0.801. The third-order valence-electron chi connectivity index (χ3n) is 3.58. The molecular formula is C16H32N4O. The fourth-order valence-electron chi connectivity index (χ4n) is 2.81. The number of rotatable bonds is 8. The summed E-state index contributed by atoms with van der Waals surface area (Å²) < 4.78 is 7.80. The van der Waals surface area contributed by atoms with Crippen molar-refractivity contribution >= 4 is 0 Å². The Hall–Kier alpha value is -0.940. The number of nitrogens with zero attached hydrogens (tertiary/aromatic N) is 3. The number of hydrogen-bond donors (Lipinski definition) is 1. The van der Waals surface area contributed by atoms with Crippen LogP contribution in [-0.2, 0) is 17.7 Å². The normalized spacial score (nSPS) is 15.4. The van der Waals surface area contributed by atoms with Crippen molar-refractivity contribution in [2.75, 3.05) is 13.7 Å². The van der Waals surface area contributed by atoms with Crippen molar-refractivity contribution < 1.29 is 4.74 Å². The average molecular weight is 296 g/mol. The summed E-state index contributed by atoms with van der Waals surface area (Å²) in [6.45, 7) is 15.0. The molecule has 0 amide bonds. The number of nitrogens with one attached hydrogen (secondary N) is 1. The van der Waals surface area contributed by atoms with Crippen molar-refractivity contribution in [1.82, 2.24) is 20.1 Å². The van der Waals surface area contributed by atoms with Crippen LogP contribution in [0.4, 0.5) is 0 Å². The zero-order valence-electron chi connectivity index (χ0n) is 14.7.